The minimum Gasteiger partial charge on any atom is -0.497 e. The van der Waals surface area contributed by atoms with Crippen LogP contribution in [-0.2, 0) is 13.0 Å². The molecule has 32 heavy (non-hydrogen) atoms. The molecule has 2 N–H and O–H groups in total. The van der Waals surface area contributed by atoms with E-state index in [0.717, 1.165) is 39.8 Å². The smallest absolute Gasteiger partial charge is 0.162 e. The molecule has 1 aliphatic rings. The van der Waals surface area contributed by atoms with Crippen molar-refractivity contribution in [2.75, 3.05) is 20.8 Å². The van der Waals surface area contributed by atoms with Crippen LogP contribution in [0.5, 0.6) is 17.2 Å². The normalized spacial score (nSPS) is 15.4. The molecule has 5 nitrogen and oxygen atoms in total. The molecular weight excluding hydrogens is 468 g/mol. The van der Waals surface area contributed by atoms with Crippen LogP contribution in [0.25, 0.3) is 10.9 Å². The molecule has 1 aromatic heterocycles. The molecule has 1 atom stereocenters. The molecular formula is C26H25BrN2O3. The molecule has 1 unspecified atom stereocenters. The van der Waals surface area contributed by atoms with Gasteiger partial charge in [0.25, 0.3) is 0 Å². The third-order valence-corrected chi connectivity index (χ3v) is 6.68. The van der Waals surface area contributed by atoms with E-state index < -0.39 is 0 Å². The van der Waals surface area contributed by atoms with Gasteiger partial charge in [0.1, 0.15) is 12.4 Å². The monoisotopic (exact) mass is 492 g/mol. The zero-order chi connectivity index (χ0) is 22.1. The molecule has 0 saturated carbocycles. The molecule has 3 aromatic carbocycles. The lowest BCUT2D eigenvalue weighted by molar-refractivity contribution is 0.284. The van der Waals surface area contributed by atoms with Crippen LogP contribution in [0.1, 0.15) is 28.4 Å². The minimum absolute atomic E-state index is 0.0172. The fraction of sp³-hybridized carbons (Fsp3) is 0.231. The maximum absolute atomic E-state index is 6.08. The molecule has 0 spiro atoms. The van der Waals surface area contributed by atoms with E-state index in [2.05, 4.69) is 44.4 Å². The highest BCUT2D eigenvalue weighted by Gasteiger charge is 2.28. The molecule has 0 radical (unpaired) electrons. The van der Waals surface area contributed by atoms with Gasteiger partial charge in [-0.05, 0) is 53.4 Å². The molecule has 164 valence electrons. The lowest BCUT2D eigenvalue weighted by atomic mass is 9.94. The maximum atomic E-state index is 6.08. The first-order valence-corrected chi connectivity index (χ1v) is 11.4. The van der Waals surface area contributed by atoms with Gasteiger partial charge in [0.15, 0.2) is 11.5 Å². The first kappa shape index (κ1) is 20.9. The summed E-state index contributed by atoms with van der Waals surface area (Å²) in [6.07, 6.45) is 0.964. The van der Waals surface area contributed by atoms with Gasteiger partial charge in [-0.3, -0.25) is 0 Å². The molecule has 1 aliphatic heterocycles. The van der Waals surface area contributed by atoms with Gasteiger partial charge in [-0.2, -0.15) is 0 Å². The summed E-state index contributed by atoms with van der Waals surface area (Å²) in [5.41, 5.74) is 5.85. The average Bonchev–Trinajstić information content (AvgIpc) is 3.21. The standard InChI is InChI=1S/C26H25BrN2O3/c1-30-17-8-9-22-19(12-17)18-10-11-28-25(26(18)29-22)20-13-23(31-2)24(14-21(20)27)32-15-16-6-4-3-5-7-16/h3-9,12-14,25,28-29H,10-11,15H2,1-2H3. The Morgan fingerprint density at radius 1 is 0.969 bits per heavy atom. The van der Waals surface area contributed by atoms with Crippen LogP contribution in [0.2, 0.25) is 0 Å². The molecule has 5 rings (SSSR count). The Kier molecular flexibility index (Phi) is 5.81. The van der Waals surface area contributed by atoms with Crippen molar-refractivity contribution in [3.8, 4) is 17.2 Å². The van der Waals surface area contributed by atoms with Gasteiger partial charge >= 0.3 is 0 Å². The van der Waals surface area contributed by atoms with E-state index in [1.807, 2.05) is 42.5 Å². The number of H-pyrrole nitrogens is 1. The van der Waals surface area contributed by atoms with Gasteiger partial charge < -0.3 is 24.5 Å². The van der Waals surface area contributed by atoms with Gasteiger partial charge in [-0.15, -0.1) is 0 Å². The van der Waals surface area contributed by atoms with Crippen LogP contribution in [0.4, 0.5) is 0 Å². The van der Waals surface area contributed by atoms with E-state index in [4.69, 9.17) is 14.2 Å². The largest absolute Gasteiger partial charge is 0.497 e. The van der Waals surface area contributed by atoms with Crippen LogP contribution in [0, 0.1) is 0 Å². The SMILES string of the molecule is COc1ccc2[nH]c3c(c2c1)CCNC3c1cc(OC)c(OCc2ccccc2)cc1Br. The number of aromatic nitrogens is 1. The molecule has 0 amide bonds. The predicted molar refractivity (Wildman–Crippen MR) is 130 cm³/mol. The Morgan fingerprint density at radius 2 is 1.81 bits per heavy atom. The van der Waals surface area contributed by atoms with Crippen molar-refractivity contribution in [2.24, 2.45) is 0 Å². The van der Waals surface area contributed by atoms with Gasteiger partial charge in [0, 0.05) is 27.6 Å². The van der Waals surface area contributed by atoms with Crippen molar-refractivity contribution in [2.45, 2.75) is 19.1 Å². The quantitative estimate of drug-likeness (QED) is 0.359. The molecule has 6 heteroatoms. The average molecular weight is 493 g/mol. The van der Waals surface area contributed by atoms with E-state index in [9.17, 15) is 0 Å². The van der Waals surface area contributed by atoms with Crippen LogP contribution < -0.4 is 19.5 Å². The number of halogens is 1. The Balaban J connectivity index is 1.50. The summed E-state index contributed by atoms with van der Waals surface area (Å²) in [5, 5.41) is 4.88. The number of ether oxygens (including phenoxy) is 3. The van der Waals surface area contributed by atoms with E-state index >= 15 is 0 Å². The fourth-order valence-corrected chi connectivity index (χ4v) is 4.93. The molecule has 0 saturated heterocycles. The van der Waals surface area contributed by atoms with E-state index in [0.29, 0.717) is 18.1 Å². The van der Waals surface area contributed by atoms with Crippen molar-refractivity contribution >= 4 is 26.8 Å². The third kappa shape index (κ3) is 3.85. The number of aromatic amines is 1. The van der Waals surface area contributed by atoms with Crippen molar-refractivity contribution in [3.05, 3.63) is 87.5 Å². The second-order valence-corrected chi connectivity index (χ2v) is 8.72. The number of methoxy groups -OCH3 is 2. The summed E-state index contributed by atoms with van der Waals surface area (Å²) < 4.78 is 18.2. The zero-order valence-electron chi connectivity index (χ0n) is 18.1. The highest BCUT2D eigenvalue weighted by molar-refractivity contribution is 9.10. The molecule has 0 bridgehead atoms. The molecule has 0 fully saturated rings. The van der Waals surface area contributed by atoms with E-state index in [-0.39, 0.29) is 6.04 Å². The Hall–Kier alpha value is -2.96. The van der Waals surface area contributed by atoms with Crippen molar-refractivity contribution in [3.63, 3.8) is 0 Å². The predicted octanol–water partition coefficient (Wildman–Crippen LogP) is 5.76. The number of hydrogen-bond donors (Lipinski definition) is 2. The topological polar surface area (TPSA) is 55.5 Å². The number of benzene rings is 3. The van der Waals surface area contributed by atoms with Crippen LogP contribution in [-0.4, -0.2) is 25.7 Å². The van der Waals surface area contributed by atoms with Gasteiger partial charge in [-0.25, -0.2) is 0 Å². The van der Waals surface area contributed by atoms with E-state index in [1.165, 1.54) is 16.6 Å². The van der Waals surface area contributed by atoms with Gasteiger partial charge in [0.2, 0.25) is 0 Å². The molecule has 4 aromatic rings. The summed E-state index contributed by atoms with van der Waals surface area (Å²) in [6, 6.07) is 20.4. The minimum atomic E-state index is 0.0172. The van der Waals surface area contributed by atoms with Crippen LogP contribution in [0.3, 0.4) is 0 Å². The van der Waals surface area contributed by atoms with Gasteiger partial charge in [-0.1, -0.05) is 46.3 Å². The zero-order valence-corrected chi connectivity index (χ0v) is 19.7. The number of fused-ring (bicyclic) bond motifs is 3. The highest BCUT2D eigenvalue weighted by Crippen LogP contribution is 2.41. The van der Waals surface area contributed by atoms with Crippen LogP contribution >= 0.6 is 15.9 Å². The second-order valence-electron chi connectivity index (χ2n) is 7.86. The summed E-state index contributed by atoms with van der Waals surface area (Å²) in [7, 11) is 3.38. The van der Waals surface area contributed by atoms with Crippen molar-refractivity contribution in [1.82, 2.24) is 10.3 Å². The number of nitrogens with one attached hydrogen (secondary N) is 2. The van der Waals surface area contributed by atoms with Crippen LogP contribution in [0.15, 0.2) is 65.1 Å². The van der Waals surface area contributed by atoms with Crippen molar-refractivity contribution < 1.29 is 14.2 Å². The summed E-state index contributed by atoms with van der Waals surface area (Å²) in [4.78, 5) is 3.63. The van der Waals surface area contributed by atoms with Gasteiger partial charge in [0.05, 0.1) is 20.3 Å². The number of hydrogen-bond acceptors (Lipinski definition) is 4. The maximum Gasteiger partial charge on any atom is 0.162 e. The lowest BCUT2D eigenvalue weighted by Crippen LogP contribution is -2.30. The lowest BCUT2D eigenvalue weighted by Gasteiger charge is -2.26. The Labute approximate surface area is 195 Å². The summed E-state index contributed by atoms with van der Waals surface area (Å²) in [5.74, 6) is 2.30. The Bertz CT molecular complexity index is 1250. The molecule has 0 aliphatic carbocycles. The number of rotatable bonds is 6. The van der Waals surface area contributed by atoms with Crippen molar-refractivity contribution in [1.29, 1.82) is 0 Å². The van der Waals surface area contributed by atoms with E-state index in [1.54, 1.807) is 14.2 Å². The third-order valence-electron chi connectivity index (χ3n) is 5.99. The highest BCUT2D eigenvalue weighted by atomic mass is 79.9. The summed E-state index contributed by atoms with van der Waals surface area (Å²) >= 11 is 3.78. The summed E-state index contributed by atoms with van der Waals surface area (Å²) in [6.45, 7) is 1.38. The Morgan fingerprint density at radius 3 is 2.59 bits per heavy atom. The first-order chi connectivity index (χ1) is 15.7. The fourth-order valence-electron chi connectivity index (χ4n) is 4.38. The first-order valence-electron chi connectivity index (χ1n) is 10.6. The second kappa shape index (κ2) is 8.88. The molecule has 2 heterocycles.